The van der Waals surface area contributed by atoms with E-state index < -0.39 is 0 Å². The van der Waals surface area contributed by atoms with Crippen molar-refractivity contribution in [3.8, 4) is 0 Å². The number of fused-ring (bicyclic) bond motifs is 1. The highest BCUT2D eigenvalue weighted by molar-refractivity contribution is 5.47. The molecule has 0 N–H and O–H groups in total. The molecule has 9 heavy (non-hydrogen) atoms. The van der Waals surface area contributed by atoms with Crippen LogP contribution >= 0.6 is 0 Å². The quantitative estimate of drug-likeness (QED) is 0.487. The molecule has 0 fully saturated rings. The van der Waals surface area contributed by atoms with Gasteiger partial charge in [-0.3, -0.25) is 0 Å². The van der Waals surface area contributed by atoms with E-state index in [4.69, 9.17) is 0 Å². The van der Waals surface area contributed by atoms with Crippen LogP contribution < -0.4 is 0 Å². The Kier molecular flexibility index (Phi) is 0.895. The molecule has 1 unspecified atom stereocenters. The fourth-order valence-corrected chi connectivity index (χ4v) is 1.24. The molecule has 0 aromatic heterocycles. The molecule has 0 aliphatic heterocycles. The predicted molar refractivity (Wildman–Crippen MR) is 37.2 cm³/mol. The maximum absolute atomic E-state index is 3.29. The maximum atomic E-state index is 3.29. The van der Waals surface area contributed by atoms with Crippen molar-refractivity contribution in [1.82, 2.24) is 0 Å². The summed E-state index contributed by atoms with van der Waals surface area (Å²) in [6.07, 6.45) is 3.29. The highest BCUT2D eigenvalue weighted by Gasteiger charge is 2.20. The van der Waals surface area contributed by atoms with Crippen molar-refractivity contribution < 1.29 is 0 Å². The van der Waals surface area contributed by atoms with Crippen LogP contribution in [0.3, 0.4) is 0 Å². The van der Waals surface area contributed by atoms with Crippen molar-refractivity contribution in [2.45, 2.75) is 12.8 Å². The van der Waals surface area contributed by atoms with Gasteiger partial charge in [-0.2, -0.15) is 0 Å². The second kappa shape index (κ2) is 1.60. The summed E-state index contributed by atoms with van der Waals surface area (Å²) < 4.78 is 0. The molecular weight excluding hydrogens is 108 g/mol. The second-order valence-electron chi connectivity index (χ2n) is 2.45. The van der Waals surface area contributed by atoms with E-state index in [1.165, 1.54) is 11.1 Å². The fourth-order valence-electron chi connectivity index (χ4n) is 1.24. The summed E-state index contributed by atoms with van der Waals surface area (Å²) in [5.41, 5.74) is 2.74. The summed E-state index contributed by atoms with van der Waals surface area (Å²) in [6.45, 7) is 2.17. The predicted octanol–water partition coefficient (Wildman–Crippen LogP) is 2.23. The van der Waals surface area contributed by atoms with Gasteiger partial charge in [0, 0.05) is 6.42 Å². The molecule has 2 radical (unpaired) electrons. The molecule has 0 heteroatoms. The van der Waals surface area contributed by atoms with E-state index >= 15 is 0 Å². The number of benzene rings is 1. The van der Waals surface area contributed by atoms with Crippen molar-refractivity contribution in [3.63, 3.8) is 0 Å². The largest absolute Gasteiger partial charge is 0.0620 e. The Morgan fingerprint density at radius 1 is 1.33 bits per heavy atom. The molecule has 1 aromatic carbocycles. The summed E-state index contributed by atoms with van der Waals surface area (Å²) >= 11 is 0. The van der Waals surface area contributed by atoms with Crippen molar-refractivity contribution >= 4 is 0 Å². The van der Waals surface area contributed by atoms with Crippen LogP contribution in [0.5, 0.6) is 0 Å². The molecule has 1 aliphatic rings. The Balaban J connectivity index is 2.51. The summed E-state index contributed by atoms with van der Waals surface area (Å²) in [6, 6.07) is 8.40. The molecule has 0 amide bonds. The Bertz CT molecular complexity index is 225. The van der Waals surface area contributed by atoms with Gasteiger partial charge >= 0.3 is 0 Å². The average Bonchev–Trinajstić information content (AvgIpc) is 1.86. The molecule has 44 valence electrons. The Hall–Kier alpha value is -0.780. The van der Waals surface area contributed by atoms with Crippen LogP contribution in [-0.4, -0.2) is 0 Å². The molecule has 1 aliphatic carbocycles. The van der Waals surface area contributed by atoms with Crippen LogP contribution in [0.4, 0.5) is 0 Å². The zero-order valence-electron chi connectivity index (χ0n) is 5.39. The molecule has 0 spiro atoms. The fraction of sp³-hybridized carbons (Fsp3) is 0.222. The van der Waals surface area contributed by atoms with Gasteiger partial charge in [0.1, 0.15) is 0 Å². The zero-order valence-corrected chi connectivity index (χ0v) is 5.39. The summed E-state index contributed by atoms with van der Waals surface area (Å²) in [5, 5.41) is 0. The third-order valence-corrected chi connectivity index (χ3v) is 1.80. The smallest absolute Gasteiger partial charge is 0.0245 e. The second-order valence-corrected chi connectivity index (χ2v) is 2.45. The summed E-state index contributed by atoms with van der Waals surface area (Å²) in [5.74, 6) is 0.571. The standard InChI is InChI=1S/C9H8/c1-7-6-8-4-2-3-5-9(7)8/h2-5,7H,1H3. The van der Waals surface area contributed by atoms with Crippen LogP contribution in [0.1, 0.15) is 24.0 Å². The Morgan fingerprint density at radius 2 is 2.11 bits per heavy atom. The van der Waals surface area contributed by atoms with E-state index in [1.54, 1.807) is 0 Å². The SMILES string of the molecule is CC1[C]c2ccccc21. The topological polar surface area (TPSA) is 0 Å². The van der Waals surface area contributed by atoms with Crippen LogP contribution in [0.2, 0.25) is 0 Å². The van der Waals surface area contributed by atoms with Crippen molar-refractivity contribution in [2.24, 2.45) is 0 Å². The lowest BCUT2D eigenvalue weighted by Gasteiger charge is -2.24. The minimum absolute atomic E-state index is 0.571. The summed E-state index contributed by atoms with van der Waals surface area (Å²) in [4.78, 5) is 0. The van der Waals surface area contributed by atoms with E-state index in [2.05, 4.69) is 37.6 Å². The van der Waals surface area contributed by atoms with Gasteiger partial charge in [-0.15, -0.1) is 0 Å². The van der Waals surface area contributed by atoms with Crippen molar-refractivity contribution in [3.05, 3.63) is 41.8 Å². The lowest BCUT2D eigenvalue weighted by atomic mass is 9.79. The van der Waals surface area contributed by atoms with Crippen LogP contribution in [0.15, 0.2) is 24.3 Å². The lowest BCUT2D eigenvalue weighted by Crippen LogP contribution is -2.10. The normalized spacial score (nSPS) is 22.6. The molecular formula is C9H8. The Morgan fingerprint density at radius 3 is 2.67 bits per heavy atom. The molecule has 0 saturated carbocycles. The molecule has 0 nitrogen and oxygen atoms in total. The van der Waals surface area contributed by atoms with Gasteiger partial charge in [-0.1, -0.05) is 31.2 Å². The van der Waals surface area contributed by atoms with E-state index in [9.17, 15) is 0 Å². The lowest BCUT2D eigenvalue weighted by molar-refractivity contribution is 0.819. The van der Waals surface area contributed by atoms with Crippen LogP contribution in [0.25, 0.3) is 0 Å². The van der Waals surface area contributed by atoms with Crippen LogP contribution in [-0.2, 0) is 0 Å². The van der Waals surface area contributed by atoms with Gasteiger partial charge < -0.3 is 0 Å². The monoisotopic (exact) mass is 116 g/mol. The van der Waals surface area contributed by atoms with Gasteiger partial charge in [0.05, 0.1) is 0 Å². The Labute approximate surface area is 55.5 Å². The van der Waals surface area contributed by atoms with Gasteiger partial charge in [0.25, 0.3) is 0 Å². The molecule has 0 bridgehead atoms. The van der Waals surface area contributed by atoms with Gasteiger partial charge in [0.15, 0.2) is 0 Å². The van der Waals surface area contributed by atoms with Gasteiger partial charge in [-0.05, 0) is 17.0 Å². The molecule has 1 atom stereocenters. The number of rotatable bonds is 0. The number of hydrogen-bond acceptors (Lipinski definition) is 0. The maximum Gasteiger partial charge on any atom is 0.0245 e. The molecule has 1 aromatic rings. The third kappa shape index (κ3) is 0.593. The van der Waals surface area contributed by atoms with Crippen molar-refractivity contribution in [1.29, 1.82) is 0 Å². The first kappa shape index (κ1) is 5.04. The van der Waals surface area contributed by atoms with E-state index in [-0.39, 0.29) is 0 Å². The molecule has 0 saturated heterocycles. The minimum Gasteiger partial charge on any atom is -0.0620 e. The first-order chi connectivity index (χ1) is 4.38. The molecule has 0 heterocycles. The third-order valence-electron chi connectivity index (χ3n) is 1.80. The van der Waals surface area contributed by atoms with E-state index in [0.29, 0.717) is 5.92 Å². The highest BCUT2D eigenvalue weighted by Crippen LogP contribution is 2.35. The van der Waals surface area contributed by atoms with Gasteiger partial charge in [-0.25, -0.2) is 0 Å². The van der Waals surface area contributed by atoms with E-state index in [0.717, 1.165) is 0 Å². The average molecular weight is 116 g/mol. The minimum atomic E-state index is 0.571. The van der Waals surface area contributed by atoms with Crippen LogP contribution in [0, 0.1) is 6.42 Å². The highest BCUT2D eigenvalue weighted by atomic mass is 14.2. The zero-order chi connectivity index (χ0) is 6.27. The van der Waals surface area contributed by atoms with Gasteiger partial charge in [0.2, 0.25) is 0 Å². The summed E-state index contributed by atoms with van der Waals surface area (Å²) in [7, 11) is 0. The first-order valence-electron chi connectivity index (χ1n) is 3.23. The number of hydrogen-bond donors (Lipinski definition) is 0. The molecule has 2 rings (SSSR count). The van der Waals surface area contributed by atoms with Crippen molar-refractivity contribution in [2.75, 3.05) is 0 Å². The van der Waals surface area contributed by atoms with E-state index in [1.807, 2.05) is 0 Å². The first-order valence-corrected chi connectivity index (χ1v) is 3.23.